The number of carbonyl (C=O) groups excluding carboxylic acids is 3. The molecule has 2 bridgehead atoms. The number of halogens is 2. The van der Waals surface area contributed by atoms with Gasteiger partial charge >= 0.3 is 10.8 Å². The number of nitrogens with one attached hydrogen (secondary N) is 2. The third kappa shape index (κ3) is 5.87. The lowest BCUT2D eigenvalue weighted by Gasteiger charge is -2.43. The first kappa shape index (κ1) is 32.2. The fourth-order valence-electron chi connectivity index (χ4n) is 8.15. The Labute approximate surface area is 288 Å². The third-order valence-electron chi connectivity index (χ3n) is 9.90. The Morgan fingerprint density at radius 2 is 1.77 bits per heavy atom. The highest BCUT2D eigenvalue weighted by Crippen LogP contribution is 2.69. The maximum Gasteiger partial charge on any atom is 0.305 e. The van der Waals surface area contributed by atoms with Crippen molar-refractivity contribution in [2.45, 2.75) is 48.3 Å². The Hall–Kier alpha value is -3.32. The van der Waals surface area contributed by atoms with Crippen molar-refractivity contribution in [3.8, 4) is 5.75 Å². The highest BCUT2D eigenvalue weighted by Gasteiger charge is 2.69. The normalized spacial score (nSPS) is 27.0. The van der Waals surface area contributed by atoms with Crippen molar-refractivity contribution in [2.24, 2.45) is 29.6 Å². The largest absolute Gasteiger partial charge is 0.483 e. The number of benzene rings is 2. The van der Waals surface area contributed by atoms with Gasteiger partial charge in [-0.15, -0.1) is 11.8 Å². The number of carbonyl (C=O) groups is 4. The van der Waals surface area contributed by atoms with E-state index in [1.165, 1.54) is 4.90 Å². The Morgan fingerprint density at radius 1 is 1.00 bits per heavy atom. The van der Waals surface area contributed by atoms with Crippen LogP contribution in [0.15, 0.2) is 52.3 Å². The van der Waals surface area contributed by atoms with E-state index in [9.17, 15) is 24.0 Å². The van der Waals surface area contributed by atoms with Gasteiger partial charge in [-0.2, -0.15) is 0 Å². The van der Waals surface area contributed by atoms with E-state index in [-0.39, 0.29) is 70.5 Å². The molecule has 246 valence electrons. The summed E-state index contributed by atoms with van der Waals surface area (Å²) in [7, 11) is 0. The molecule has 3 amide bonds. The van der Waals surface area contributed by atoms with Gasteiger partial charge in [0.1, 0.15) is 5.75 Å². The fourth-order valence-corrected chi connectivity index (χ4v) is 11.3. The summed E-state index contributed by atoms with van der Waals surface area (Å²) in [5.41, 5.74) is 1.31. The molecule has 0 spiro atoms. The van der Waals surface area contributed by atoms with Crippen molar-refractivity contribution >= 4 is 75.7 Å². The van der Waals surface area contributed by atoms with Crippen LogP contribution in [0.5, 0.6) is 5.75 Å². The van der Waals surface area contributed by atoms with Crippen molar-refractivity contribution < 1.29 is 29.0 Å². The van der Waals surface area contributed by atoms with E-state index in [1.807, 2.05) is 18.2 Å². The van der Waals surface area contributed by atoms with Crippen molar-refractivity contribution in [3.63, 3.8) is 0 Å². The Bertz CT molecular complexity index is 1830. The lowest BCUT2D eigenvalue weighted by atomic mass is 9.68. The summed E-state index contributed by atoms with van der Waals surface area (Å²) in [6.07, 6.45) is 2.53. The van der Waals surface area contributed by atoms with Gasteiger partial charge in [0.2, 0.25) is 11.8 Å². The number of aromatic nitrogens is 1. The van der Waals surface area contributed by atoms with Gasteiger partial charge < -0.3 is 20.1 Å². The second-order valence-electron chi connectivity index (χ2n) is 12.5. The van der Waals surface area contributed by atoms with Crippen LogP contribution in [0.3, 0.4) is 0 Å². The number of aromatic amines is 1. The number of carboxylic acids is 1. The standard InChI is InChI=1S/C33H31Cl2N3O7S2/c34-19-10-9-15(12-20(19)35)36-22(39)14-45-21-7-4-3-6-16(21)24-25-17-13-18(28(25)46-30-29(24)47-33(44)37-30)27-26(17)31(42)38(32(27)43)11-5-1-2-8-23(40)41/h3-4,6-7,9-10,12,17-18,24-28H,1-2,5,8,11,13-14H2,(H,36,39)(H,37,44)(H,40,41)/t17?,18?,24-,25?,26?,27?,28?/m1/s1. The Kier molecular flexibility index (Phi) is 8.88. The monoisotopic (exact) mass is 715 g/mol. The van der Waals surface area contributed by atoms with Gasteiger partial charge in [0.05, 0.1) is 26.9 Å². The number of unbranched alkanes of at least 4 members (excludes halogenated alkanes) is 2. The highest BCUT2D eigenvalue weighted by atomic mass is 35.5. The molecule has 1 saturated heterocycles. The number of nitrogens with zero attached hydrogens (tertiary/aromatic N) is 1. The number of carboxylic acid groups (broad SMARTS) is 1. The number of aliphatic carboxylic acids is 1. The van der Waals surface area contributed by atoms with Crippen LogP contribution in [-0.2, 0) is 19.2 Å². The molecule has 4 aliphatic rings. The topological polar surface area (TPSA) is 146 Å². The van der Waals surface area contributed by atoms with Crippen LogP contribution in [0.1, 0.15) is 48.5 Å². The minimum absolute atomic E-state index is 0.0160. The summed E-state index contributed by atoms with van der Waals surface area (Å²) in [6, 6.07) is 12.3. The van der Waals surface area contributed by atoms with Crippen LogP contribution in [0.25, 0.3) is 0 Å². The molecule has 2 saturated carbocycles. The number of thiazole rings is 1. The summed E-state index contributed by atoms with van der Waals surface area (Å²) in [5.74, 6) is -2.15. The minimum Gasteiger partial charge on any atom is -0.483 e. The highest BCUT2D eigenvalue weighted by molar-refractivity contribution is 8.00. The number of ether oxygens (including phenoxy) is 1. The smallest absolute Gasteiger partial charge is 0.305 e. The molecule has 6 unspecified atom stereocenters. The van der Waals surface area contributed by atoms with Crippen LogP contribution in [-0.4, -0.2) is 57.1 Å². The molecule has 14 heteroatoms. The van der Waals surface area contributed by atoms with Crippen molar-refractivity contribution in [1.29, 1.82) is 0 Å². The molecule has 47 heavy (non-hydrogen) atoms. The van der Waals surface area contributed by atoms with E-state index < -0.39 is 11.9 Å². The second-order valence-corrected chi connectivity index (χ2v) is 15.5. The summed E-state index contributed by atoms with van der Waals surface area (Å²) < 4.78 is 6.12. The molecule has 3 N–H and O–H groups in total. The number of rotatable bonds is 11. The molecule has 2 aromatic carbocycles. The SMILES string of the molecule is O=C(O)CCCCCN1C(=O)C2C3CC(C2C1=O)C1C3Sc2[nH]c(=O)sc2[C@@H]1c1ccccc1OCC(=O)Nc1ccc(Cl)c(Cl)c1. The third-order valence-corrected chi connectivity index (χ3v) is 13.2. The zero-order chi connectivity index (χ0) is 33.0. The maximum absolute atomic E-state index is 13.8. The average Bonchev–Trinajstić information content (AvgIpc) is 3.77. The number of hydrogen-bond donors (Lipinski definition) is 3. The molecule has 7 rings (SSSR count). The number of likely N-dealkylation sites (tertiary alicyclic amines) is 1. The fraction of sp³-hybridized carbons (Fsp3) is 0.424. The number of imide groups is 1. The zero-order valence-electron chi connectivity index (χ0n) is 24.9. The van der Waals surface area contributed by atoms with Crippen molar-refractivity contribution in [2.75, 3.05) is 18.5 Å². The molecule has 1 aromatic heterocycles. The maximum atomic E-state index is 13.8. The minimum atomic E-state index is -0.854. The molecule has 2 aliphatic carbocycles. The second kappa shape index (κ2) is 12.9. The summed E-state index contributed by atoms with van der Waals surface area (Å²) in [5, 5.41) is 13.2. The van der Waals surface area contributed by atoms with Crippen LogP contribution in [0, 0.1) is 29.6 Å². The predicted octanol–water partition coefficient (Wildman–Crippen LogP) is 5.88. The van der Waals surface area contributed by atoms with Gasteiger partial charge in [-0.1, -0.05) is 59.2 Å². The zero-order valence-corrected chi connectivity index (χ0v) is 28.1. The van der Waals surface area contributed by atoms with Crippen molar-refractivity contribution in [3.05, 3.63) is 72.6 Å². The van der Waals surface area contributed by atoms with E-state index in [0.29, 0.717) is 47.3 Å². The number of thioether (sulfide) groups is 1. The van der Waals surface area contributed by atoms with Crippen LogP contribution >= 0.6 is 46.3 Å². The van der Waals surface area contributed by atoms with E-state index in [2.05, 4.69) is 10.3 Å². The number of amides is 3. The molecule has 2 aliphatic heterocycles. The molecule has 3 heterocycles. The van der Waals surface area contributed by atoms with E-state index in [0.717, 1.165) is 33.2 Å². The van der Waals surface area contributed by atoms with E-state index in [4.69, 9.17) is 33.0 Å². The molecule has 3 fully saturated rings. The number of H-pyrrole nitrogens is 1. The molecule has 10 nitrogen and oxygen atoms in total. The number of fused-ring (bicyclic) bond motifs is 9. The molecule has 3 aromatic rings. The summed E-state index contributed by atoms with van der Waals surface area (Å²) >= 11 is 14.9. The molecule has 7 atom stereocenters. The van der Waals surface area contributed by atoms with Gasteiger partial charge in [-0.3, -0.25) is 28.9 Å². The average molecular weight is 717 g/mol. The first-order valence-corrected chi connectivity index (χ1v) is 18.0. The Morgan fingerprint density at radius 3 is 2.53 bits per heavy atom. The van der Waals surface area contributed by atoms with Gasteiger partial charge in [0.15, 0.2) is 6.61 Å². The number of anilines is 1. The van der Waals surface area contributed by atoms with Crippen molar-refractivity contribution in [1.82, 2.24) is 9.88 Å². The molecular formula is C33H31Cl2N3O7S2. The number of para-hydroxylation sites is 1. The van der Waals surface area contributed by atoms with Gasteiger partial charge in [-0.25, -0.2) is 0 Å². The van der Waals surface area contributed by atoms with Gasteiger partial charge in [0.25, 0.3) is 5.91 Å². The van der Waals surface area contributed by atoms with E-state index in [1.54, 1.807) is 36.0 Å². The van der Waals surface area contributed by atoms with E-state index >= 15 is 0 Å². The van der Waals surface area contributed by atoms with Gasteiger partial charge in [-0.05, 0) is 61.3 Å². The lowest BCUT2D eigenvalue weighted by molar-refractivity contribution is -0.141. The summed E-state index contributed by atoms with van der Waals surface area (Å²) in [4.78, 5) is 69.0. The lowest BCUT2D eigenvalue weighted by Crippen LogP contribution is -2.42. The molecular weight excluding hydrogens is 685 g/mol. The first-order valence-electron chi connectivity index (χ1n) is 15.6. The molecule has 0 radical (unpaired) electrons. The number of hydrogen-bond acceptors (Lipinski definition) is 8. The first-order chi connectivity index (χ1) is 22.6. The van der Waals surface area contributed by atoms with Gasteiger partial charge in [0, 0.05) is 40.3 Å². The van der Waals surface area contributed by atoms with Crippen LogP contribution in [0.4, 0.5) is 5.69 Å². The quantitative estimate of drug-likeness (QED) is 0.165. The van der Waals surface area contributed by atoms with Crippen LogP contribution in [0.2, 0.25) is 10.0 Å². The Balaban J connectivity index is 1.13. The summed E-state index contributed by atoms with van der Waals surface area (Å²) in [6.45, 7) is 0.0332. The van der Waals surface area contributed by atoms with Crippen LogP contribution < -0.4 is 14.9 Å². The predicted molar refractivity (Wildman–Crippen MR) is 178 cm³/mol.